The average molecular weight is 344 g/mol. The van der Waals surface area contributed by atoms with Gasteiger partial charge in [0, 0.05) is 25.9 Å². The van der Waals surface area contributed by atoms with E-state index in [-0.39, 0.29) is 5.91 Å². The number of hydrogen-bond acceptors (Lipinski definition) is 5. The number of amides is 1. The maximum atomic E-state index is 12.6. The van der Waals surface area contributed by atoms with Gasteiger partial charge in [-0.3, -0.25) is 9.69 Å². The third-order valence-corrected chi connectivity index (χ3v) is 4.75. The van der Waals surface area contributed by atoms with Crippen molar-refractivity contribution in [2.24, 2.45) is 0 Å². The first-order valence-electron chi connectivity index (χ1n) is 7.07. The molecule has 3 rings (SSSR count). The lowest BCUT2D eigenvalue weighted by molar-refractivity contribution is -0.113. The number of nitrogens with zero attached hydrogens (tertiary/aromatic N) is 2. The van der Waals surface area contributed by atoms with Gasteiger partial charge in [-0.15, -0.1) is 0 Å². The second-order valence-electron chi connectivity index (χ2n) is 5.38. The van der Waals surface area contributed by atoms with Gasteiger partial charge in [0.05, 0.1) is 10.6 Å². The Bertz CT molecular complexity index is 791. The van der Waals surface area contributed by atoms with Crippen molar-refractivity contribution in [3.05, 3.63) is 52.8 Å². The molecule has 0 N–H and O–H groups in total. The van der Waals surface area contributed by atoms with E-state index in [1.165, 1.54) is 11.8 Å². The minimum absolute atomic E-state index is 0.119. The van der Waals surface area contributed by atoms with E-state index in [0.29, 0.717) is 15.0 Å². The van der Waals surface area contributed by atoms with Crippen LogP contribution >= 0.6 is 24.0 Å². The van der Waals surface area contributed by atoms with Crippen molar-refractivity contribution < 1.29 is 9.21 Å². The third-order valence-electron chi connectivity index (χ3n) is 3.45. The smallest absolute Gasteiger partial charge is 0.270 e. The highest BCUT2D eigenvalue weighted by Gasteiger charge is 2.33. The lowest BCUT2D eigenvalue weighted by Crippen LogP contribution is -2.27. The van der Waals surface area contributed by atoms with Gasteiger partial charge >= 0.3 is 0 Å². The van der Waals surface area contributed by atoms with Crippen molar-refractivity contribution in [1.82, 2.24) is 0 Å². The van der Waals surface area contributed by atoms with E-state index in [4.69, 9.17) is 16.6 Å². The van der Waals surface area contributed by atoms with Crippen molar-refractivity contribution in [3.63, 3.8) is 0 Å². The van der Waals surface area contributed by atoms with Crippen LogP contribution in [0.3, 0.4) is 0 Å². The molecule has 1 saturated heterocycles. The summed E-state index contributed by atoms with van der Waals surface area (Å²) < 4.78 is 6.03. The molecule has 0 bridgehead atoms. The number of benzene rings is 1. The summed E-state index contributed by atoms with van der Waals surface area (Å²) in [6, 6.07) is 11.4. The molecule has 2 aromatic rings. The predicted molar refractivity (Wildman–Crippen MR) is 99.9 cm³/mol. The number of thiocarbonyl (C=S) groups is 1. The van der Waals surface area contributed by atoms with Gasteiger partial charge in [0.2, 0.25) is 0 Å². The van der Waals surface area contributed by atoms with Gasteiger partial charge in [0.15, 0.2) is 4.32 Å². The normalized spacial score (nSPS) is 16.5. The highest BCUT2D eigenvalue weighted by atomic mass is 32.2. The first-order chi connectivity index (χ1) is 11.0. The molecule has 0 radical (unpaired) electrons. The van der Waals surface area contributed by atoms with E-state index in [9.17, 15) is 4.79 Å². The van der Waals surface area contributed by atoms with Crippen LogP contribution in [0.2, 0.25) is 0 Å². The topological polar surface area (TPSA) is 36.7 Å². The summed E-state index contributed by atoms with van der Waals surface area (Å²) >= 11 is 6.66. The van der Waals surface area contributed by atoms with Gasteiger partial charge in [-0.1, -0.05) is 24.0 Å². The van der Waals surface area contributed by atoms with Gasteiger partial charge < -0.3 is 9.32 Å². The van der Waals surface area contributed by atoms with Crippen molar-refractivity contribution in [3.8, 4) is 0 Å². The van der Waals surface area contributed by atoms with Crippen LogP contribution in [-0.4, -0.2) is 24.3 Å². The highest BCUT2D eigenvalue weighted by Crippen LogP contribution is 2.36. The molecule has 0 unspecified atom stereocenters. The molecule has 6 heteroatoms. The summed E-state index contributed by atoms with van der Waals surface area (Å²) in [6.45, 7) is 1.87. The van der Waals surface area contributed by atoms with Crippen LogP contribution in [0.4, 0.5) is 11.4 Å². The number of anilines is 2. The zero-order valence-electron chi connectivity index (χ0n) is 13.1. The molecule has 1 amide bonds. The Morgan fingerprint density at radius 1 is 1.17 bits per heavy atom. The van der Waals surface area contributed by atoms with Crippen LogP contribution in [0.1, 0.15) is 11.5 Å². The second-order valence-corrected chi connectivity index (χ2v) is 7.05. The summed E-state index contributed by atoms with van der Waals surface area (Å²) in [5.74, 6) is 1.35. The number of carbonyl (C=O) groups excluding carboxylic acids is 1. The number of carbonyl (C=O) groups is 1. The molecule has 1 aliphatic rings. The zero-order chi connectivity index (χ0) is 16.6. The fourth-order valence-electron chi connectivity index (χ4n) is 2.25. The Labute approximate surface area is 144 Å². The fraction of sp³-hybridized carbons (Fsp3) is 0.176. The van der Waals surface area contributed by atoms with Crippen LogP contribution in [0.25, 0.3) is 6.08 Å². The molecule has 0 saturated carbocycles. The van der Waals surface area contributed by atoms with E-state index in [1.807, 2.05) is 62.3 Å². The standard InChI is InChI=1S/C17H16N2O2S2/c1-11-4-9-14(21-11)10-15-16(20)19(17(22)23-15)13-7-5-12(6-8-13)18(2)3/h4-10H,1-3H3/b15-10+. The summed E-state index contributed by atoms with van der Waals surface area (Å²) in [6.07, 6.45) is 1.74. The average Bonchev–Trinajstić information content (AvgIpc) is 3.03. The molecule has 118 valence electrons. The first-order valence-corrected chi connectivity index (χ1v) is 8.30. The Morgan fingerprint density at radius 3 is 2.43 bits per heavy atom. The maximum Gasteiger partial charge on any atom is 0.270 e. The van der Waals surface area contributed by atoms with Gasteiger partial charge in [-0.2, -0.15) is 0 Å². The van der Waals surface area contributed by atoms with Crippen molar-refractivity contribution in [2.75, 3.05) is 23.9 Å². The predicted octanol–water partition coefficient (Wildman–Crippen LogP) is 4.06. The van der Waals surface area contributed by atoms with E-state index in [1.54, 1.807) is 11.0 Å². The van der Waals surface area contributed by atoms with E-state index in [0.717, 1.165) is 17.1 Å². The fourth-order valence-corrected chi connectivity index (χ4v) is 3.53. The Balaban J connectivity index is 1.88. The molecule has 23 heavy (non-hydrogen) atoms. The largest absolute Gasteiger partial charge is 0.462 e. The molecular formula is C17H16N2O2S2. The van der Waals surface area contributed by atoms with Crippen molar-refractivity contribution >= 4 is 51.7 Å². The number of aryl methyl sites for hydroxylation is 1. The van der Waals surface area contributed by atoms with Crippen LogP contribution in [0, 0.1) is 6.92 Å². The number of rotatable bonds is 3. The Kier molecular flexibility index (Phi) is 4.28. The molecule has 2 heterocycles. The first kappa shape index (κ1) is 15.8. The Hall–Kier alpha value is -2.05. The minimum Gasteiger partial charge on any atom is -0.462 e. The number of hydrogen-bond donors (Lipinski definition) is 0. The van der Waals surface area contributed by atoms with Gasteiger partial charge in [-0.25, -0.2) is 0 Å². The molecule has 1 aliphatic heterocycles. The van der Waals surface area contributed by atoms with E-state index >= 15 is 0 Å². The van der Waals surface area contributed by atoms with E-state index in [2.05, 4.69) is 0 Å². The van der Waals surface area contributed by atoms with Gasteiger partial charge in [-0.05, 0) is 43.3 Å². The third kappa shape index (κ3) is 3.18. The summed E-state index contributed by atoms with van der Waals surface area (Å²) in [5, 5.41) is 0. The van der Waals surface area contributed by atoms with Crippen LogP contribution in [0.5, 0.6) is 0 Å². The number of furan rings is 1. The van der Waals surface area contributed by atoms with E-state index < -0.39 is 0 Å². The monoisotopic (exact) mass is 344 g/mol. The molecule has 1 aromatic heterocycles. The van der Waals surface area contributed by atoms with Crippen LogP contribution in [-0.2, 0) is 4.79 Å². The number of thioether (sulfide) groups is 1. The molecule has 0 aliphatic carbocycles. The van der Waals surface area contributed by atoms with Crippen molar-refractivity contribution in [1.29, 1.82) is 0 Å². The molecule has 1 aromatic carbocycles. The molecule has 4 nitrogen and oxygen atoms in total. The summed E-state index contributed by atoms with van der Waals surface area (Å²) in [4.78, 5) is 16.8. The van der Waals surface area contributed by atoms with Crippen LogP contribution < -0.4 is 9.80 Å². The molecule has 0 atom stereocenters. The minimum atomic E-state index is -0.119. The second kappa shape index (κ2) is 6.22. The molecule has 1 fully saturated rings. The van der Waals surface area contributed by atoms with Gasteiger partial charge in [0.25, 0.3) is 5.91 Å². The summed E-state index contributed by atoms with van der Waals surface area (Å²) in [7, 11) is 3.95. The lowest BCUT2D eigenvalue weighted by Gasteiger charge is -2.17. The lowest BCUT2D eigenvalue weighted by atomic mass is 10.2. The zero-order valence-corrected chi connectivity index (χ0v) is 14.7. The quantitative estimate of drug-likeness (QED) is 0.620. The highest BCUT2D eigenvalue weighted by molar-refractivity contribution is 8.27. The summed E-state index contributed by atoms with van der Waals surface area (Å²) in [5.41, 5.74) is 1.85. The molecule has 0 spiro atoms. The van der Waals surface area contributed by atoms with Crippen LogP contribution in [0.15, 0.2) is 45.7 Å². The van der Waals surface area contributed by atoms with Gasteiger partial charge in [0.1, 0.15) is 11.5 Å². The van der Waals surface area contributed by atoms with Crippen molar-refractivity contribution in [2.45, 2.75) is 6.92 Å². The molecular weight excluding hydrogens is 328 g/mol. The SMILES string of the molecule is Cc1ccc(/C=C2/SC(=S)N(c3ccc(N(C)C)cc3)C2=O)o1. The Morgan fingerprint density at radius 2 is 1.87 bits per heavy atom. The maximum absolute atomic E-state index is 12.6.